The summed E-state index contributed by atoms with van der Waals surface area (Å²) in [5.74, 6) is 0.361. The average molecular weight is 391 g/mol. The van der Waals surface area contributed by atoms with Crippen molar-refractivity contribution in [1.29, 1.82) is 0 Å². The minimum Gasteiger partial charge on any atom is -0.343 e. The summed E-state index contributed by atoms with van der Waals surface area (Å²) < 4.78 is 0. The summed E-state index contributed by atoms with van der Waals surface area (Å²) >= 11 is 0. The number of hydrogen-bond donors (Lipinski definition) is 0. The maximum Gasteiger partial charge on any atom is 0.222 e. The molecule has 3 heteroatoms. The van der Waals surface area contributed by atoms with Gasteiger partial charge in [0.15, 0.2) is 0 Å². The van der Waals surface area contributed by atoms with E-state index in [4.69, 9.17) is 7.85 Å². The molecule has 2 radical (unpaired) electrons. The SMILES string of the molecule is [B]CCCCC(=O)N(CCCCCCCCCC)CCCCCCCCCC. The lowest BCUT2D eigenvalue weighted by Crippen LogP contribution is -2.32. The maximum absolute atomic E-state index is 12.6. The van der Waals surface area contributed by atoms with Crippen LogP contribution >= 0.6 is 0 Å². The molecule has 0 bridgehead atoms. The Hall–Kier alpha value is -0.465. The van der Waals surface area contributed by atoms with E-state index in [2.05, 4.69) is 18.7 Å². The first-order chi connectivity index (χ1) is 13.8. The molecule has 0 rings (SSSR count). The van der Waals surface area contributed by atoms with Crippen molar-refractivity contribution in [3.8, 4) is 0 Å². The average Bonchev–Trinajstić information content (AvgIpc) is 2.70. The minimum absolute atomic E-state index is 0.361. The summed E-state index contributed by atoms with van der Waals surface area (Å²) in [4.78, 5) is 14.7. The molecule has 0 spiro atoms. The van der Waals surface area contributed by atoms with Crippen LogP contribution in [0.5, 0.6) is 0 Å². The van der Waals surface area contributed by atoms with Gasteiger partial charge in [0.05, 0.1) is 7.85 Å². The first-order valence-corrected chi connectivity index (χ1v) is 12.7. The highest BCUT2D eigenvalue weighted by Gasteiger charge is 2.12. The Kier molecular flexibility index (Phi) is 22.4. The van der Waals surface area contributed by atoms with E-state index in [1.165, 1.54) is 103 Å². The highest BCUT2D eigenvalue weighted by molar-refractivity contribution is 6.08. The van der Waals surface area contributed by atoms with Crippen molar-refractivity contribution >= 4 is 13.8 Å². The van der Waals surface area contributed by atoms with Crippen LogP contribution in [0.25, 0.3) is 0 Å². The largest absolute Gasteiger partial charge is 0.343 e. The van der Waals surface area contributed by atoms with Crippen molar-refractivity contribution < 1.29 is 4.79 Å². The van der Waals surface area contributed by atoms with Crippen LogP contribution in [-0.2, 0) is 4.79 Å². The van der Waals surface area contributed by atoms with Crippen LogP contribution in [0.3, 0.4) is 0 Å². The summed E-state index contributed by atoms with van der Waals surface area (Å²) in [6.45, 7) is 6.47. The molecule has 0 N–H and O–H groups in total. The number of unbranched alkanes of at least 4 members (excludes halogenated alkanes) is 15. The molecule has 2 nitrogen and oxygen atoms in total. The highest BCUT2D eigenvalue weighted by Crippen LogP contribution is 2.12. The lowest BCUT2D eigenvalue weighted by molar-refractivity contribution is -0.131. The fourth-order valence-corrected chi connectivity index (χ4v) is 3.81. The maximum atomic E-state index is 12.6. The predicted octanol–water partition coefficient (Wildman–Crippen LogP) is 7.85. The molecule has 0 aromatic heterocycles. The molecule has 0 aliphatic rings. The monoisotopic (exact) mass is 391 g/mol. The zero-order chi connectivity index (χ0) is 20.7. The molecular formula is C25H50BNO. The summed E-state index contributed by atoms with van der Waals surface area (Å²) in [5, 5.41) is 0. The van der Waals surface area contributed by atoms with E-state index in [-0.39, 0.29) is 0 Å². The lowest BCUT2D eigenvalue weighted by atomic mass is 9.99. The third-order valence-electron chi connectivity index (χ3n) is 5.76. The van der Waals surface area contributed by atoms with E-state index in [0.29, 0.717) is 18.6 Å². The zero-order valence-corrected chi connectivity index (χ0v) is 19.5. The molecule has 0 unspecified atom stereocenters. The Bertz CT molecular complexity index is 302. The first-order valence-electron chi connectivity index (χ1n) is 12.7. The van der Waals surface area contributed by atoms with Gasteiger partial charge in [0.2, 0.25) is 5.91 Å². The second-order valence-electron chi connectivity index (χ2n) is 8.58. The fraction of sp³-hybridized carbons (Fsp3) is 0.960. The molecule has 0 aromatic rings. The van der Waals surface area contributed by atoms with E-state index >= 15 is 0 Å². The second-order valence-corrected chi connectivity index (χ2v) is 8.58. The van der Waals surface area contributed by atoms with Gasteiger partial charge < -0.3 is 4.90 Å². The van der Waals surface area contributed by atoms with E-state index in [1.807, 2.05) is 0 Å². The van der Waals surface area contributed by atoms with Crippen LogP contribution < -0.4 is 0 Å². The quantitative estimate of drug-likeness (QED) is 0.136. The van der Waals surface area contributed by atoms with Crippen LogP contribution in [0.15, 0.2) is 0 Å². The first kappa shape index (κ1) is 27.5. The summed E-state index contributed by atoms with van der Waals surface area (Å²) in [6, 6.07) is 0. The summed E-state index contributed by atoms with van der Waals surface area (Å²) in [5.41, 5.74) is 0. The molecule has 0 saturated carbocycles. The van der Waals surface area contributed by atoms with Crippen molar-refractivity contribution in [3.05, 3.63) is 0 Å². The van der Waals surface area contributed by atoms with Gasteiger partial charge in [-0.2, -0.15) is 0 Å². The second kappa shape index (κ2) is 22.8. The number of rotatable bonds is 22. The van der Waals surface area contributed by atoms with E-state index in [0.717, 1.165) is 25.9 Å². The van der Waals surface area contributed by atoms with Crippen LogP contribution in [0.2, 0.25) is 6.32 Å². The van der Waals surface area contributed by atoms with Crippen LogP contribution in [-0.4, -0.2) is 31.7 Å². The minimum atomic E-state index is 0.361. The Morgan fingerprint density at radius 2 is 0.964 bits per heavy atom. The van der Waals surface area contributed by atoms with Crippen molar-refractivity contribution in [2.24, 2.45) is 0 Å². The number of hydrogen-bond acceptors (Lipinski definition) is 1. The molecular weight excluding hydrogens is 341 g/mol. The van der Waals surface area contributed by atoms with Gasteiger partial charge in [0.25, 0.3) is 0 Å². The summed E-state index contributed by atoms with van der Waals surface area (Å²) in [7, 11) is 5.58. The Balaban J connectivity index is 3.93. The van der Waals surface area contributed by atoms with Gasteiger partial charge in [0.1, 0.15) is 0 Å². The normalized spacial score (nSPS) is 11.1. The number of carbonyl (C=O) groups is 1. The third kappa shape index (κ3) is 18.9. The molecule has 0 heterocycles. The van der Waals surface area contributed by atoms with E-state index < -0.39 is 0 Å². The molecule has 0 saturated heterocycles. The Morgan fingerprint density at radius 3 is 1.36 bits per heavy atom. The van der Waals surface area contributed by atoms with Gasteiger partial charge >= 0.3 is 0 Å². The van der Waals surface area contributed by atoms with Crippen molar-refractivity contribution in [2.75, 3.05) is 13.1 Å². The van der Waals surface area contributed by atoms with Gasteiger partial charge in [-0.05, 0) is 19.3 Å². The van der Waals surface area contributed by atoms with Gasteiger partial charge in [-0.15, -0.1) is 0 Å². The van der Waals surface area contributed by atoms with Gasteiger partial charge in [0, 0.05) is 19.5 Å². The van der Waals surface area contributed by atoms with Crippen LogP contribution in [0, 0.1) is 0 Å². The van der Waals surface area contributed by atoms with Gasteiger partial charge in [-0.25, -0.2) is 0 Å². The highest BCUT2D eigenvalue weighted by atomic mass is 16.2. The summed E-state index contributed by atoms with van der Waals surface area (Å²) in [6.07, 6.45) is 24.5. The van der Waals surface area contributed by atoms with E-state index in [9.17, 15) is 4.79 Å². The standard InChI is InChI=1S/C25H50BNO/c1-3-5-7-9-11-13-15-19-23-27(25(28)21-17-18-22-26)24-20-16-14-12-10-8-6-4-2/h3-24H2,1-2H3. The predicted molar refractivity (Wildman–Crippen MR) is 126 cm³/mol. The number of nitrogens with zero attached hydrogens (tertiary/aromatic N) is 1. The number of amides is 1. The zero-order valence-electron chi connectivity index (χ0n) is 19.5. The topological polar surface area (TPSA) is 20.3 Å². The van der Waals surface area contributed by atoms with Gasteiger partial charge in [-0.3, -0.25) is 4.79 Å². The molecule has 0 aliphatic heterocycles. The third-order valence-corrected chi connectivity index (χ3v) is 5.76. The fourth-order valence-electron chi connectivity index (χ4n) is 3.81. The molecule has 0 aliphatic carbocycles. The smallest absolute Gasteiger partial charge is 0.222 e. The van der Waals surface area contributed by atoms with Crippen molar-refractivity contribution in [2.45, 2.75) is 142 Å². The van der Waals surface area contributed by atoms with Crippen LogP contribution in [0.4, 0.5) is 0 Å². The molecule has 164 valence electrons. The molecule has 0 atom stereocenters. The molecule has 1 amide bonds. The molecule has 0 aromatic carbocycles. The Morgan fingerprint density at radius 1 is 0.571 bits per heavy atom. The van der Waals surface area contributed by atoms with E-state index in [1.54, 1.807) is 0 Å². The lowest BCUT2D eigenvalue weighted by Gasteiger charge is -2.23. The Labute approximate surface area is 179 Å². The number of carbonyl (C=O) groups excluding carboxylic acids is 1. The van der Waals surface area contributed by atoms with Crippen molar-refractivity contribution in [1.82, 2.24) is 4.90 Å². The molecule has 0 fully saturated rings. The molecule has 28 heavy (non-hydrogen) atoms. The van der Waals surface area contributed by atoms with Crippen molar-refractivity contribution in [3.63, 3.8) is 0 Å². The van der Waals surface area contributed by atoms with Crippen LogP contribution in [0.1, 0.15) is 136 Å². The van der Waals surface area contributed by atoms with Gasteiger partial charge in [-0.1, -0.05) is 116 Å².